The van der Waals surface area contributed by atoms with E-state index in [4.69, 9.17) is 4.74 Å². The first-order valence-corrected chi connectivity index (χ1v) is 6.42. The fourth-order valence-corrected chi connectivity index (χ4v) is 1.84. The molecule has 3 rings (SSSR count). The minimum atomic E-state index is -0.785. The Morgan fingerprint density at radius 1 is 1.26 bits per heavy atom. The Bertz CT molecular complexity index is 922. The van der Waals surface area contributed by atoms with Crippen LogP contribution in [0.1, 0.15) is 5.82 Å². The van der Waals surface area contributed by atoms with Crippen LogP contribution in [-0.2, 0) is 0 Å². The lowest BCUT2D eigenvalue weighted by Crippen LogP contribution is -1.99. The van der Waals surface area contributed by atoms with E-state index in [-0.39, 0.29) is 6.61 Å². The summed E-state index contributed by atoms with van der Waals surface area (Å²) in [5, 5.41) is 0. The first kappa shape index (κ1) is 14.6. The van der Waals surface area contributed by atoms with Crippen molar-refractivity contribution in [2.75, 3.05) is 6.61 Å². The normalized spacial score (nSPS) is 10.2. The third-order valence-electron chi connectivity index (χ3n) is 2.83. The Morgan fingerprint density at radius 2 is 2.04 bits per heavy atom. The van der Waals surface area contributed by atoms with Crippen LogP contribution in [-0.4, -0.2) is 33.3 Å². The molecule has 23 heavy (non-hydrogen) atoms. The largest absolute Gasteiger partial charge is 0.475 e. The van der Waals surface area contributed by atoms with Gasteiger partial charge in [0.25, 0.3) is 0 Å². The molecule has 0 amide bonds. The van der Waals surface area contributed by atoms with E-state index in [0.717, 1.165) is 12.1 Å². The fourth-order valence-electron chi connectivity index (χ4n) is 1.84. The quantitative estimate of drug-likeness (QED) is 0.595. The van der Waals surface area contributed by atoms with Crippen molar-refractivity contribution in [1.82, 2.24) is 19.9 Å². The number of ether oxygens (including phenoxy) is 1. The van der Waals surface area contributed by atoms with Crippen LogP contribution in [0.2, 0.25) is 0 Å². The third-order valence-corrected chi connectivity index (χ3v) is 2.83. The topological polar surface area (TPSA) is 76.1 Å². The van der Waals surface area contributed by atoms with Gasteiger partial charge in [0.05, 0.1) is 0 Å². The van der Waals surface area contributed by atoms with Crippen molar-refractivity contribution >= 4 is 23.7 Å². The highest BCUT2D eigenvalue weighted by atomic mass is 19.1. The first-order chi connectivity index (χ1) is 11.2. The number of aromatic nitrogens is 4. The van der Waals surface area contributed by atoms with Gasteiger partial charge in [-0.05, 0) is 24.8 Å². The number of aromatic amines is 1. The summed E-state index contributed by atoms with van der Waals surface area (Å²) in [6.45, 7) is 3.20. The van der Waals surface area contributed by atoms with Gasteiger partial charge in [0.15, 0.2) is 34.7 Å². The molecule has 2 heterocycles. The van der Waals surface area contributed by atoms with E-state index in [1.54, 1.807) is 0 Å². The molecular formula is C15H9F2N5O. The highest BCUT2D eigenvalue weighted by Gasteiger charge is 2.09. The van der Waals surface area contributed by atoms with Crippen LogP contribution >= 0.6 is 0 Å². The van der Waals surface area contributed by atoms with Gasteiger partial charge >= 0.3 is 0 Å². The zero-order chi connectivity index (χ0) is 16.2. The van der Waals surface area contributed by atoms with Crippen LogP contribution in [0.3, 0.4) is 0 Å². The van der Waals surface area contributed by atoms with Crippen molar-refractivity contribution in [1.29, 1.82) is 0 Å². The minimum Gasteiger partial charge on any atom is -0.475 e. The third kappa shape index (κ3) is 2.98. The lowest BCUT2D eigenvalue weighted by Gasteiger charge is -2.03. The van der Waals surface area contributed by atoms with Gasteiger partial charge in [-0.15, -0.1) is 0 Å². The molecular weight excluding hydrogens is 304 g/mol. The van der Waals surface area contributed by atoms with Crippen LogP contribution in [0.25, 0.3) is 11.2 Å². The summed E-state index contributed by atoms with van der Waals surface area (Å²) in [5.74, 6) is 3.93. The molecule has 1 N–H and O–H groups in total. The number of nitrogens with zero attached hydrogens (tertiary/aromatic N) is 4. The molecule has 0 atom stereocenters. The second kappa shape index (κ2) is 6.19. The molecule has 0 radical (unpaired) electrons. The SMILES string of the molecule is C=Nc1ncnc2nc(C#CCOc3c(F)cccc3F)[nH]c12. The maximum atomic E-state index is 13.4. The zero-order valence-electron chi connectivity index (χ0n) is 11.7. The summed E-state index contributed by atoms with van der Waals surface area (Å²) in [6, 6.07) is 3.46. The van der Waals surface area contributed by atoms with Gasteiger partial charge in [0, 0.05) is 0 Å². The van der Waals surface area contributed by atoms with Crippen molar-refractivity contribution in [3.63, 3.8) is 0 Å². The lowest BCUT2D eigenvalue weighted by molar-refractivity contribution is 0.326. The van der Waals surface area contributed by atoms with Crippen molar-refractivity contribution in [2.45, 2.75) is 0 Å². The summed E-state index contributed by atoms with van der Waals surface area (Å²) < 4.78 is 31.7. The van der Waals surface area contributed by atoms with Crippen molar-refractivity contribution < 1.29 is 13.5 Å². The molecule has 2 aromatic heterocycles. The Kier molecular flexibility index (Phi) is 3.93. The monoisotopic (exact) mass is 313 g/mol. The number of H-pyrrole nitrogens is 1. The molecule has 6 nitrogen and oxygen atoms in total. The second-order valence-electron chi connectivity index (χ2n) is 4.28. The minimum absolute atomic E-state index is 0.201. The Labute approximate surface area is 129 Å². The van der Waals surface area contributed by atoms with Crippen molar-refractivity contribution in [3.8, 4) is 17.6 Å². The lowest BCUT2D eigenvalue weighted by atomic mass is 10.3. The molecule has 0 aliphatic rings. The molecule has 8 heteroatoms. The zero-order valence-corrected chi connectivity index (χ0v) is 11.7. The highest BCUT2D eigenvalue weighted by Crippen LogP contribution is 2.20. The van der Waals surface area contributed by atoms with Crippen LogP contribution in [0.4, 0.5) is 14.6 Å². The van der Waals surface area contributed by atoms with Crippen LogP contribution in [0, 0.1) is 23.5 Å². The first-order valence-electron chi connectivity index (χ1n) is 6.42. The average molecular weight is 313 g/mol. The van der Waals surface area contributed by atoms with E-state index >= 15 is 0 Å². The van der Waals surface area contributed by atoms with E-state index in [9.17, 15) is 8.78 Å². The van der Waals surface area contributed by atoms with Crippen molar-refractivity contribution in [2.24, 2.45) is 4.99 Å². The number of fused-ring (bicyclic) bond motifs is 1. The molecule has 0 unspecified atom stereocenters. The summed E-state index contributed by atoms with van der Waals surface area (Å²) in [7, 11) is 0. The maximum Gasteiger partial charge on any atom is 0.191 e. The van der Waals surface area contributed by atoms with Gasteiger partial charge < -0.3 is 9.72 Å². The Hall–Kier alpha value is -3.34. The summed E-state index contributed by atoms with van der Waals surface area (Å²) >= 11 is 0. The number of para-hydroxylation sites is 1. The number of hydrogen-bond acceptors (Lipinski definition) is 5. The number of nitrogens with one attached hydrogen (secondary N) is 1. The molecule has 0 bridgehead atoms. The van der Waals surface area contributed by atoms with Crippen molar-refractivity contribution in [3.05, 3.63) is 42.0 Å². The van der Waals surface area contributed by atoms with E-state index in [2.05, 4.69) is 43.5 Å². The molecule has 0 saturated heterocycles. The highest BCUT2D eigenvalue weighted by molar-refractivity contribution is 5.82. The molecule has 0 spiro atoms. The molecule has 0 aliphatic heterocycles. The fraction of sp³-hybridized carbons (Fsp3) is 0.0667. The number of benzene rings is 1. The number of rotatable bonds is 3. The van der Waals surface area contributed by atoms with Crippen LogP contribution in [0.5, 0.6) is 5.75 Å². The van der Waals surface area contributed by atoms with E-state index in [1.807, 2.05) is 0 Å². The summed E-state index contributed by atoms with van der Waals surface area (Å²) in [4.78, 5) is 18.7. The molecule has 114 valence electrons. The number of aliphatic imine (C=N–C) groups is 1. The molecule has 0 saturated carbocycles. The van der Waals surface area contributed by atoms with Gasteiger partial charge in [0.2, 0.25) is 0 Å². The Morgan fingerprint density at radius 3 is 2.78 bits per heavy atom. The van der Waals surface area contributed by atoms with Crippen LogP contribution in [0.15, 0.2) is 29.5 Å². The Balaban J connectivity index is 1.76. The average Bonchev–Trinajstić information content (AvgIpc) is 2.96. The number of halogens is 2. The van der Waals surface area contributed by atoms with Gasteiger partial charge in [-0.2, -0.15) is 0 Å². The van der Waals surface area contributed by atoms with Gasteiger partial charge in [-0.3, -0.25) is 0 Å². The van der Waals surface area contributed by atoms with Gasteiger partial charge in [-0.25, -0.2) is 28.7 Å². The summed E-state index contributed by atoms with van der Waals surface area (Å²) in [5.41, 5.74) is 0.903. The van der Waals surface area contributed by atoms with Gasteiger partial charge in [0.1, 0.15) is 18.5 Å². The van der Waals surface area contributed by atoms with Gasteiger partial charge in [-0.1, -0.05) is 12.0 Å². The predicted molar refractivity (Wildman–Crippen MR) is 79.6 cm³/mol. The van der Waals surface area contributed by atoms with E-state index in [1.165, 1.54) is 12.4 Å². The van der Waals surface area contributed by atoms with E-state index in [0.29, 0.717) is 22.8 Å². The van der Waals surface area contributed by atoms with Crippen LogP contribution < -0.4 is 4.74 Å². The molecule has 1 aromatic carbocycles. The number of imidazole rings is 1. The maximum absolute atomic E-state index is 13.4. The molecule has 0 fully saturated rings. The molecule has 0 aliphatic carbocycles. The standard InChI is InChI=1S/C15H9F2N5O/c1-18-14-12-15(20-8-19-14)22-11(21-12)6-3-7-23-13-9(16)4-2-5-10(13)17/h2,4-5,8H,1,7H2,(H,19,20,21,22). The second-order valence-corrected chi connectivity index (χ2v) is 4.28. The summed E-state index contributed by atoms with van der Waals surface area (Å²) in [6.07, 6.45) is 1.31. The predicted octanol–water partition coefficient (Wildman–Crippen LogP) is 2.39. The smallest absolute Gasteiger partial charge is 0.191 e. The van der Waals surface area contributed by atoms with E-state index < -0.39 is 17.4 Å². The molecule has 3 aromatic rings. The number of hydrogen-bond donors (Lipinski definition) is 1.